The molecule has 0 bridgehead atoms. The van der Waals surface area contributed by atoms with Crippen molar-refractivity contribution in [3.05, 3.63) is 54.0 Å². The normalized spacial score (nSPS) is 21.5. The number of hydrogen-bond donors (Lipinski definition) is 2. The number of rotatable bonds is 6. The molecule has 2 N–H and O–H groups in total. The summed E-state index contributed by atoms with van der Waals surface area (Å²) in [5, 5.41) is 12.1. The van der Waals surface area contributed by atoms with Crippen LogP contribution in [0.15, 0.2) is 42.6 Å². The van der Waals surface area contributed by atoms with E-state index in [1.165, 1.54) is 18.3 Å². The van der Waals surface area contributed by atoms with Crippen LogP contribution in [0.3, 0.4) is 0 Å². The van der Waals surface area contributed by atoms with Crippen LogP contribution in [0.25, 0.3) is 11.3 Å². The van der Waals surface area contributed by atoms with E-state index in [4.69, 9.17) is 5.11 Å². The van der Waals surface area contributed by atoms with Gasteiger partial charge in [0.05, 0.1) is 11.3 Å². The second-order valence-corrected chi connectivity index (χ2v) is 8.90. The van der Waals surface area contributed by atoms with E-state index in [9.17, 15) is 14.0 Å². The second-order valence-electron chi connectivity index (χ2n) is 8.90. The lowest BCUT2D eigenvalue weighted by Crippen LogP contribution is -2.42. The molecule has 6 nitrogen and oxygen atoms in total. The maximum absolute atomic E-state index is 13.4. The van der Waals surface area contributed by atoms with Crippen molar-refractivity contribution in [1.29, 1.82) is 0 Å². The first-order valence-corrected chi connectivity index (χ1v) is 11.5. The van der Waals surface area contributed by atoms with Crippen LogP contribution in [-0.4, -0.2) is 52.5 Å². The number of halogens is 1. The standard InChI is InChI=1S/C25H30FN3O3/c26-21-3-1-2-18(14-21)23-7-5-20(16-27-23)24(31)28-22-6-4-19(15-22)25(32)29-11-8-17(9-12-29)10-13-30/h1-3,5,7,14,16-17,19,22,30H,4,6,8-13,15H2,(H,28,31)/t19-,22+/m1/s1. The van der Waals surface area contributed by atoms with Gasteiger partial charge >= 0.3 is 0 Å². The van der Waals surface area contributed by atoms with Crippen LogP contribution >= 0.6 is 0 Å². The molecule has 2 fully saturated rings. The van der Waals surface area contributed by atoms with Gasteiger partial charge < -0.3 is 15.3 Å². The fourth-order valence-corrected chi connectivity index (χ4v) is 4.84. The van der Waals surface area contributed by atoms with Crippen molar-refractivity contribution < 1.29 is 19.1 Å². The third kappa shape index (κ3) is 5.33. The third-order valence-electron chi connectivity index (χ3n) is 6.73. The first kappa shape index (κ1) is 22.4. The molecule has 1 aliphatic carbocycles. The van der Waals surface area contributed by atoms with Crippen LogP contribution in [0.1, 0.15) is 48.9 Å². The van der Waals surface area contributed by atoms with E-state index in [1.54, 1.807) is 24.3 Å². The number of likely N-dealkylation sites (tertiary alicyclic amines) is 1. The van der Waals surface area contributed by atoms with Gasteiger partial charge in [0.2, 0.25) is 5.91 Å². The minimum Gasteiger partial charge on any atom is -0.396 e. The first-order chi connectivity index (χ1) is 15.5. The summed E-state index contributed by atoms with van der Waals surface area (Å²) in [6.07, 6.45) is 6.47. The van der Waals surface area contributed by atoms with Gasteiger partial charge in [-0.1, -0.05) is 12.1 Å². The van der Waals surface area contributed by atoms with Crippen molar-refractivity contribution >= 4 is 11.8 Å². The number of carbonyl (C=O) groups is 2. The molecule has 2 heterocycles. The summed E-state index contributed by atoms with van der Waals surface area (Å²) < 4.78 is 13.4. The molecule has 1 saturated carbocycles. The first-order valence-electron chi connectivity index (χ1n) is 11.5. The number of nitrogens with one attached hydrogen (secondary N) is 1. The number of aromatic nitrogens is 1. The fraction of sp³-hybridized carbons (Fsp3) is 0.480. The molecule has 1 saturated heterocycles. The number of pyridine rings is 1. The molecule has 32 heavy (non-hydrogen) atoms. The number of amides is 2. The number of aliphatic hydroxyl groups excluding tert-OH is 1. The van der Waals surface area contributed by atoms with Crippen molar-refractivity contribution in [3.63, 3.8) is 0 Å². The number of nitrogens with zero attached hydrogens (tertiary/aromatic N) is 2. The summed E-state index contributed by atoms with van der Waals surface area (Å²) >= 11 is 0. The van der Waals surface area contributed by atoms with Crippen LogP contribution < -0.4 is 5.32 Å². The maximum atomic E-state index is 13.4. The Kier molecular flexibility index (Phi) is 7.15. The van der Waals surface area contributed by atoms with Crippen molar-refractivity contribution in [1.82, 2.24) is 15.2 Å². The molecule has 2 aromatic rings. The molecule has 1 aromatic carbocycles. The average Bonchev–Trinajstić information content (AvgIpc) is 3.28. The van der Waals surface area contributed by atoms with E-state index >= 15 is 0 Å². The van der Waals surface area contributed by atoms with Crippen LogP contribution in [0.2, 0.25) is 0 Å². The zero-order valence-electron chi connectivity index (χ0n) is 18.2. The predicted octanol–water partition coefficient (Wildman–Crippen LogP) is 3.41. The van der Waals surface area contributed by atoms with Gasteiger partial charge in [-0.2, -0.15) is 0 Å². The Bertz CT molecular complexity index is 942. The maximum Gasteiger partial charge on any atom is 0.253 e. The van der Waals surface area contributed by atoms with Crippen LogP contribution in [0.4, 0.5) is 4.39 Å². The molecule has 2 amide bonds. The van der Waals surface area contributed by atoms with Gasteiger partial charge in [-0.05, 0) is 68.7 Å². The Labute approximate surface area is 187 Å². The molecule has 0 radical (unpaired) electrons. The van der Waals surface area contributed by atoms with Gasteiger partial charge in [-0.15, -0.1) is 0 Å². The van der Waals surface area contributed by atoms with Gasteiger partial charge in [0.15, 0.2) is 0 Å². The highest BCUT2D eigenvalue weighted by Crippen LogP contribution is 2.30. The molecular formula is C25H30FN3O3. The Hall–Kier alpha value is -2.80. The number of piperidine rings is 1. The van der Waals surface area contributed by atoms with Crippen molar-refractivity contribution in [3.8, 4) is 11.3 Å². The van der Waals surface area contributed by atoms with E-state index < -0.39 is 0 Å². The van der Waals surface area contributed by atoms with E-state index in [0.717, 1.165) is 45.2 Å². The summed E-state index contributed by atoms with van der Waals surface area (Å²) in [6, 6.07) is 9.57. The summed E-state index contributed by atoms with van der Waals surface area (Å²) in [5.41, 5.74) is 1.72. The topological polar surface area (TPSA) is 82.5 Å². The summed E-state index contributed by atoms with van der Waals surface area (Å²) in [5.74, 6) is 0.145. The van der Waals surface area contributed by atoms with Crippen molar-refractivity contribution in [2.24, 2.45) is 11.8 Å². The largest absolute Gasteiger partial charge is 0.396 e. The SMILES string of the molecule is O=C(N[C@H]1CC[C@@H](C(=O)N2CCC(CCO)CC2)C1)c1ccc(-c2cccc(F)c2)nc1. The molecule has 4 rings (SSSR count). The van der Waals surface area contributed by atoms with Crippen LogP contribution in [0.5, 0.6) is 0 Å². The van der Waals surface area contributed by atoms with Crippen molar-refractivity contribution in [2.45, 2.75) is 44.6 Å². The Morgan fingerprint density at radius 1 is 1.12 bits per heavy atom. The highest BCUT2D eigenvalue weighted by atomic mass is 19.1. The molecule has 170 valence electrons. The van der Waals surface area contributed by atoms with Gasteiger partial charge in [0, 0.05) is 43.4 Å². The Balaban J connectivity index is 1.28. The van der Waals surface area contributed by atoms with Crippen molar-refractivity contribution in [2.75, 3.05) is 19.7 Å². The fourth-order valence-electron chi connectivity index (χ4n) is 4.84. The lowest BCUT2D eigenvalue weighted by molar-refractivity contribution is -0.136. The Morgan fingerprint density at radius 2 is 1.94 bits per heavy atom. The third-order valence-corrected chi connectivity index (χ3v) is 6.73. The van der Waals surface area contributed by atoms with E-state index in [-0.39, 0.29) is 36.2 Å². The quantitative estimate of drug-likeness (QED) is 0.723. The van der Waals surface area contributed by atoms with Crippen LogP contribution in [-0.2, 0) is 4.79 Å². The summed E-state index contributed by atoms with van der Waals surface area (Å²) in [7, 11) is 0. The number of aliphatic hydroxyl groups is 1. The molecule has 1 aromatic heterocycles. The smallest absolute Gasteiger partial charge is 0.253 e. The van der Waals surface area contributed by atoms with E-state index in [2.05, 4.69) is 10.3 Å². The number of carbonyl (C=O) groups excluding carboxylic acids is 2. The molecule has 0 unspecified atom stereocenters. The van der Waals surface area contributed by atoms with E-state index in [1.807, 2.05) is 4.90 Å². The molecule has 7 heteroatoms. The molecule has 0 spiro atoms. The molecule has 2 atom stereocenters. The zero-order chi connectivity index (χ0) is 22.5. The van der Waals surface area contributed by atoms with E-state index in [0.29, 0.717) is 29.2 Å². The lowest BCUT2D eigenvalue weighted by atomic mass is 9.93. The molecule has 1 aliphatic heterocycles. The monoisotopic (exact) mass is 439 g/mol. The van der Waals surface area contributed by atoms with Gasteiger partial charge in [-0.3, -0.25) is 14.6 Å². The lowest BCUT2D eigenvalue weighted by Gasteiger charge is -2.33. The number of hydrogen-bond acceptors (Lipinski definition) is 4. The minimum absolute atomic E-state index is 0.0220. The molecule has 2 aliphatic rings. The minimum atomic E-state index is -0.328. The highest BCUT2D eigenvalue weighted by Gasteiger charge is 2.34. The van der Waals surface area contributed by atoms with Gasteiger partial charge in [0.1, 0.15) is 5.82 Å². The Morgan fingerprint density at radius 3 is 2.62 bits per heavy atom. The summed E-state index contributed by atoms with van der Waals surface area (Å²) in [6.45, 7) is 1.74. The highest BCUT2D eigenvalue weighted by molar-refractivity contribution is 5.94. The zero-order valence-corrected chi connectivity index (χ0v) is 18.2. The van der Waals surface area contributed by atoms with Gasteiger partial charge in [0.25, 0.3) is 5.91 Å². The predicted molar refractivity (Wildman–Crippen MR) is 119 cm³/mol. The average molecular weight is 440 g/mol. The number of benzene rings is 1. The second kappa shape index (κ2) is 10.2. The molecular weight excluding hydrogens is 409 g/mol. The van der Waals surface area contributed by atoms with Crippen LogP contribution in [0, 0.1) is 17.7 Å². The van der Waals surface area contributed by atoms with Gasteiger partial charge in [-0.25, -0.2) is 4.39 Å². The summed E-state index contributed by atoms with van der Waals surface area (Å²) in [4.78, 5) is 31.8.